The van der Waals surface area contributed by atoms with Gasteiger partial charge in [0.15, 0.2) is 5.78 Å². The highest BCUT2D eigenvalue weighted by Gasteiger charge is 2.01. The Bertz CT molecular complexity index is 705. The van der Waals surface area contributed by atoms with Crippen molar-refractivity contribution >= 4 is 11.9 Å². The van der Waals surface area contributed by atoms with Crippen LogP contribution < -0.4 is 4.74 Å². The summed E-state index contributed by atoms with van der Waals surface area (Å²) in [6.45, 7) is 0.979. The number of rotatable bonds is 12. The van der Waals surface area contributed by atoms with Crippen molar-refractivity contribution in [3.8, 4) is 5.75 Å². The fourth-order valence-electron chi connectivity index (χ4n) is 2.67. The summed E-state index contributed by atoms with van der Waals surface area (Å²) >= 11 is 0. The van der Waals surface area contributed by atoms with Crippen LogP contribution in [0.2, 0.25) is 0 Å². The number of aliphatic hydroxyl groups is 1. The lowest BCUT2D eigenvalue weighted by Gasteiger charge is -2.06. The van der Waals surface area contributed by atoms with E-state index in [2.05, 4.69) is 0 Å². The molecule has 27 heavy (non-hydrogen) atoms. The van der Waals surface area contributed by atoms with Crippen LogP contribution in [0.4, 0.5) is 4.39 Å². The standard InChI is InChI=1S/C23H27FO3/c24-21-12-10-20(11-13-21)23(26)16-9-19-7-14-22(15-8-19)27-18-6-4-2-1-3-5-17-25/h7-16,25H,1-6,17-18H2. The van der Waals surface area contributed by atoms with Crippen LogP contribution >= 0.6 is 0 Å². The summed E-state index contributed by atoms with van der Waals surface area (Å²) < 4.78 is 18.6. The maximum Gasteiger partial charge on any atom is 0.185 e. The van der Waals surface area contributed by atoms with Crippen molar-refractivity contribution in [1.29, 1.82) is 0 Å². The minimum atomic E-state index is -0.354. The van der Waals surface area contributed by atoms with Crippen molar-refractivity contribution in [3.05, 3.63) is 71.6 Å². The molecule has 0 saturated heterocycles. The maximum absolute atomic E-state index is 12.9. The van der Waals surface area contributed by atoms with Gasteiger partial charge >= 0.3 is 0 Å². The Kier molecular flexibility index (Phi) is 9.28. The van der Waals surface area contributed by atoms with E-state index in [4.69, 9.17) is 9.84 Å². The number of carbonyl (C=O) groups is 1. The molecule has 0 amide bonds. The normalized spacial score (nSPS) is 11.0. The zero-order chi connectivity index (χ0) is 19.3. The van der Waals surface area contributed by atoms with E-state index in [1.165, 1.54) is 36.8 Å². The smallest absolute Gasteiger partial charge is 0.185 e. The lowest BCUT2D eigenvalue weighted by atomic mass is 10.1. The molecule has 2 aromatic rings. The number of hydrogen-bond acceptors (Lipinski definition) is 3. The average Bonchev–Trinajstić information content (AvgIpc) is 2.69. The van der Waals surface area contributed by atoms with Crippen molar-refractivity contribution in [2.24, 2.45) is 0 Å². The van der Waals surface area contributed by atoms with Crippen LogP contribution in [0.1, 0.15) is 54.4 Å². The second-order valence-corrected chi connectivity index (χ2v) is 6.47. The second-order valence-electron chi connectivity index (χ2n) is 6.47. The van der Waals surface area contributed by atoms with Crippen LogP contribution in [0.25, 0.3) is 6.08 Å². The third-order valence-electron chi connectivity index (χ3n) is 4.26. The number of ether oxygens (including phenoxy) is 1. The second kappa shape index (κ2) is 12.0. The fourth-order valence-corrected chi connectivity index (χ4v) is 2.67. The van der Waals surface area contributed by atoms with Gasteiger partial charge in [0.2, 0.25) is 0 Å². The Morgan fingerprint density at radius 3 is 2.19 bits per heavy atom. The molecule has 0 atom stereocenters. The van der Waals surface area contributed by atoms with E-state index < -0.39 is 0 Å². The summed E-state index contributed by atoms with van der Waals surface area (Å²) in [6.07, 6.45) is 9.71. The van der Waals surface area contributed by atoms with Crippen LogP contribution in [0.15, 0.2) is 54.6 Å². The Balaban J connectivity index is 1.70. The minimum Gasteiger partial charge on any atom is -0.494 e. The highest BCUT2D eigenvalue weighted by atomic mass is 19.1. The van der Waals surface area contributed by atoms with E-state index in [1.54, 1.807) is 6.08 Å². The molecule has 0 aliphatic heterocycles. The first-order valence-electron chi connectivity index (χ1n) is 9.51. The topological polar surface area (TPSA) is 46.5 Å². The summed E-state index contributed by atoms with van der Waals surface area (Å²) in [5.41, 5.74) is 1.37. The summed E-state index contributed by atoms with van der Waals surface area (Å²) in [5, 5.41) is 8.72. The molecule has 4 heteroatoms. The highest BCUT2D eigenvalue weighted by molar-refractivity contribution is 6.06. The lowest BCUT2D eigenvalue weighted by Crippen LogP contribution is -1.97. The van der Waals surface area contributed by atoms with Gasteiger partial charge in [-0.2, -0.15) is 0 Å². The number of ketones is 1. The molecule has 3 nitrogen and oxygen atoms in total. The summed E-state index contributed by atoms with van der Waals surface area (Å²) in [7, 11) is 0. The van der Waals surface area contributed by atoms with Crippen molar-refractivity contribution in [3.63, 3.8) is 0 Å². The van der Waals surface area contributed by atoms with Crippen molar-refractivity contribution in [2.75, 3.05) is 13.2 Å². The molecule has 0 saturated carbocycles. The molecule has 0 radical (unpaired) electrons. The highest BCUT2D eigenvalue weighted by Crippen LogP contribution is 2.15. The van der Waals surface area contributed by atoms with E-state index in [-0.39, 0.29) is 18.2 Å². The Morgan fingerprint density at radius 2 is 1.52 bits per heavy atom. The number of carbonyl (C=O) groups excluding carboxylic acids is 1. The molecule has 0 aliphatic carbocycles. The van der Waals surface area contributed by atoms with E-state index in [9.17, 15) is 9.18 Å². The molecule has 0 heterocycles. The summed E-state index contributed by atoms with van der Waals surface area (Å²) in [5.74, 6) is 0.305. The largest absolute Gasteiger partial charge is 0.494 e. The van der Waals surface area contributed by atoms with Crippen LogP contribution in [0.3, 0.4) is 0 Å². The van der Waals surface area contributed by atoms with Crippen molar-refractivity contribution in [2.45, 2.75) is 38.5 Å². The monoisotopic (exact) mass is 370 g/mol. The predicted molar refractivity (Wildman–Crippen MR) is 106 cm³/mol. The summed E-state index contributed by atoms with van der Waals surface area (Å²) in [6, 6.07) is 13.1. The van der Waals surface area contributed by atoms with Gasteiger partial charge in [-0.15, -0.1) is 0 Å². The first-order chi connectivity index (χ1) is 13.2. The molecule has 2 aromatic carbocycles. The Labute approximate surface area is 160 Å². The van der Waals surface area contributed by atoms with Crippen molar-refractivity contribution in [1.82, 2.24) is 0 Å². The van der Waals surface area contributed by atoms with Gasteiger partial charge in [-0.3, -0.25) is 4.79 Å². The predicted octanol–water partition coefficient (Wildman–Crippen LogP) is 5.43. The molecule has 1 N–H and O–H groups in total. The van der Waals surface area contributed by atoms with Gasteiger partial charge in [0.25, 0.3) is 0 Å². The molecular formula is C23H27FO3. The molecule has 0 aromatic heterocycles. The number of allylic oxidation sites excluding steroid dienone is 1. The molecule has 0 fully saturated rings. The zero-order valence-corrected chi connectivity index (χ0v) is 15.6. The maximum atomic E-state index is 12.9. The van der Waals surface area contributed by atoms with Crippen molar-refractivity contribution < 1.29 is 19.0 Å². The molecule has 2 rings (SSSR count). The van der Waals surface area contributed by atoms with Crippen LogP contribution in [0, 0.1) is 5.82 Å². The van der Waals surface area contributed by atoms with Crippen LogP contribution in [-0.4, -0.2) is 24.1 Å². The third kappa shape index (κ3) is 8.18. The van der Waals surface area contributed by atoms with Gasteiger partial charge in [-0.05, 0) is 60.9 Å². The number of hydrogen-bond donors (Lipinski definition) is 1. The van der Waals surface area contributed by atoms with Gasteiger partial charge in [-0.25, -0.2) is 4.39 Å². The van der Waals surface area contributed by atoms with E-state index >= 15 is 0 Å². The molecule has 0 aliphatic rings. The summed E-state index contributed by atoms with van der Waals surface area (Å²) in [4.78, 5) is 12.0. The number of unbranched alkanes of at least 4 members (excludes halogenated alkanes) is 5. The van der Waals surface area contributed by atoms with Gasteiger partial charge in [-0.1, -0.05) is 43.9 Å². The third-order valence-corrected chi connectivity index (χ3v) is 4.26. The zero-order valence-electron chi connectivity index (χ0n) is 15.6. The van der Waals surface area contributed by atoms with E-state index in [1.807, 2.05) is 24.3 Å². The Morgan fingerprint density at radius 1 is 0.889 bits per heavy atom. The van der Waals surface area contributed by atoms with Gasteiger partial charge in [0.05, 0.1) is 6.61 Å². The number of halogens is 1. The van der Waals surface area contributed by atoms with Crippen LogP contribution in [-0.2, 0) is 0 Å². The molecule has 144 valence electrons. The minimum absolute atomic E-state index is 0.158. The van der Waals surface area contributed by atoms with Gasteiger partial charge < -0.3 is 9.84 Å². The van der Waals surface area contributed by atoms with Gasteiger partial charge in [0, 0.05) is 12.2 Å². The first-order valence-corrected chi connectivity index (χ1v) is 9.51. The molecule has 0 bridgehead atoms. The lowest BCUT2D eigenvalue weighted by molar-refractivity contribution is 0.104. The molecular weight excluding hydrogens is 343 g/mol. The van der Waals surface area contributed by atoms with E-state index in [0.717, 1.165) is 43.4 Å². The fraction of sp³-hybridized carbons (Fsp3) is 0.348. The average molecular weight is 370 g/mol. The molecule has 0 unspecified atom stereocenters. The quantitative estimate of drug-likeness (QED) is 0.308. The van der Waals surface area contributed by atoms with E-state index in [0.29, 0.717) is 12.2 Å². The van der Waals surface area contributed by atoms with Gasteiger partial charge in [0.1, 0.15) is 11.6 Å². The number of aliphatic hydroxyl groups excluding tert-OH is 1. The molecule has 0 spiro atoms. The van der Waals surface area contributed by atoms with Crippen LogP contribution in [0.5, 0.6) is 5.75 Å². The first kappa shape index (κ1) is 20.8. The number of benzene rings is 2. The SMILES string of the molecule is O=C(C=Cc1ccc(OCCCCCCCCO)cc1)c1ccc(F)cc1. The Hall–Kier alpha value is -2.46.